The Morgan fingerprint density at radius 1 is 1.25 bits per heavy atom. The van der Waals surface area contributed by atoms with Crippen molar-refractivity contribution in [2.45, 2.75) is 58.5 Å². The SMILES string of the molecule is CC1(C)[C@H]2CC[C@@]13CS(=O)(=O)N(C(=O)CCCn1cccc1)C3C2. The van der Waals surface area contributed by atoms with Crippen molar-refractivity contribution in [1.29, 1.82) is 0 Å². The Labute approximate surface area is 144 Å². The minimum absolute atomic E-state index is 0.0188. The Kier molecular flexibility index (Phi) is 3.44. The van der Waals surface area contributed by atoms with Gasteiger partial charge in [-0.25, -0.2) is 12.7 Å². The molecule has 1 aromatic heterocycles. The van der Waals surface area contributed by atoms with Gasteiger partial charge in [-0.1, -0.05) is 13.8 Å². The zero-order valence-corrected chi connectivity index (χ0v) is 15.3. The highest BCUT2D eigenvalue weighted by atomic mass is 32.2. The first-order chi connectivity index (χ1) is 11.3. The van der Waals surface area contributed by atoms with Gasteiger partial charge >= 0.3 is 0 Å². The van der Waals surface area contributed by atoms with Crippen molar-refractivity contribution in [1.82, 2.24) is 8.87 Å². The molecule has 2 bridgehead atoms. The third kappa shape index (κ3) is 2.04. The van der Waals surface area contributed by atoms with Crippen molar-refractivity contribution in [3.63, 3.8) is 0 Å². The molecule has 1 saturated heterocycles. The Bertz CT molecular complexity index is 753. The average Bonchev–Trinajstić information content (AvgIpc) is 3.18. The standard InChI is InChI=1S/C18H26N2O3S/c1-17(2)14-7-8-18(17)13-24(22,23)20(15(18)12-14)16(21)6-5-11-19-9-3-4-10-19/h3-4,9-10,14-15H,5-8,11-13H2,1-2H3/t14-,15?,18-/m0/s1. The maximum absolute atomic E-state index is 12.8. The maximum Gasteiger partial charge on any atom is 0.238 e. The summed E-state index contributed by atoms with van der Waals surface area (Å²) < 4.78 is 28.9. The summed E-state index contributed by atoms with van der Waals surface area (Å²) in [6, 6.07) is 3.80. The zero-order valence-electron chi connectivity index (χ0n) is 14.4. The van der Waals surface area contributed by atoms with E-state index in [9.17, 15) is 13.2 Å². The van der Waals surface area contributed by atoms with E-state index in [0.717, 1.165) is 25.8 Å². The van der Waals surface area contributed by atoms with Crippen LogP contribution in [0, 0.1) is 16.7 Å². The van der Waals surface area contributed by atoms with Gasteiger partial charge in [0.15, 0.2) is 0 Å². The minimum atomic E-state index is -3.47. The van der Waals surface area contributed by atoms with Gasteiger partial charge in [-0.3, -0.25) is 4.79 Å². The largest absolute Gasteiger partial charge is 0.354 e. The van der Waals surface area contributed by atoms with Gasteiger partial charge in [-0.15, -0.1) is 0 Å². The molecule has 2 heterocycles. The molecule has 6 heteroatoms. The predicted octanol–water partition coefficient (Wildman–Crippen LogP) is 2.64. The summed E-state index contributed by atoms with van der Waals surface area (Å²) in [5.74, 6) is 0.512. The molecule has 3 aliphatic rings. The van der Waals surface area contributed by atoms with Gasteiger partial charge in [-0.05, 0) is 49.1 Å². The molecule has 3 fully saturated rings. The van der Waals surface area contributed by atoms with E-state index in [4.69, 9.17) is 0 Å². The number of carbonyl (C=O) groups is 1. The number of carbonyl (C=O) groups excluding carboxylic acids is 1. The number of hydrogen-bond acceptors (Lipinski definition) is 3. The minimum Gasteiger partial charge on any atom is -0.354 e. The highest BCUT2D eigenvalue weighted by Gasteiger charge is 2.72. The number of rotatable bonds is 4. The first kappa shape index (κ1) is 16.2. The van der Waals surface area contributed by atoms with Crippen molar-refractivity contribution in [3.05, 3.63) is 24.5 Å². The molecule has 5 nitrogen and oxygen atoms in total. The van der Waals surface area contributed by atoms with Crippen LogP contribution in [0.15, 0.2) is 24.5 Å². The summed E-state index contributed by atoms with van der Waals surface area (Å²) in [6.45, 7) is 5.16. The molecule has 2 aliphatic carbocycles. The first-order valence-corrected chi connectivity index (χ1v) is 10.5. The van der Waals surface area contributed by atoms with Gasteiger partial charge in [0.25, 0.3) is 0 Å². The summed E-state index contributed by atoms with van der Waals surface area (Å²) in [6.07, 6.45) is 7.81. The van der Waals surface area contributed by atoms with E-state index in [1.807, 2.05) is 29.1 Å². The number of nitrogens with zero attached hydrogens (tertiary/aromatic N) is 2. The molecular weight excluding hydrogens is 324 g/mol. The van der Waals surface area contributed by atoms with Crippen LogP contribution in [0.25, 0.3) is 0 Å². The van der Waals surface area contributed by atoms with E-state index in [-0.39, 0.29) is 28.5 Å². The molecule has 4 rings (SSSR count). The molecule has 1 unspecified atom stereocenters. The quantitative estimate of drug-likeness (QED) is 0.839. The lowest BCUT2D eigenvalue weighted by molar-refractivity contribution is -0.129. The molecule has 3 atom stereocenters. The lowest BCUT2D eigenvalue weighted by Gasteiger charge is -2.37. The highest BCUT2D eigenvalue weighted by molar-refractivity contribution is 7.90. The van der Waals surface area contributed by atoms with E-state index < -0.39 is 10.0 Å². The van der Waals surface area contributed by atoms with E-state index in [2.05, 4.69) is 13.8 Å². The number of aryl methyl sites for hydroxylation is 1. The van der Waals surface area contributed by atoms with Crippen LogP contribution >= 0.6 is 0 Å². The number of amides is 1. The Morgan fingerprint density at radius 3 is 2.62 bits per heavy atom. The van der Waals surface area contributed by atoms with Gasteiger partial charge in [0.2, 0.25) is 15.9 Å². The van der Waals surface area contributed by atoms with Crippen molar-refractivity contribution < 1.29 is 13.2 Å². The molecule has 0 radical (unpaired) electrons. The van der Waals surface area contributed by atoms with E-state index in [1.165, 1.54) is 4.31 Å². The van der Waals surface area contributed by atoms with Crippen LogP contribution < -0.4 is 0 Å². The zero-order chi connectivity index (χ0) is 17.2. The number of sulfonamides is 1. The van der Waals surface area contributed by atoms with Crippen LogP contribution in [0.1, 0.15) is 46.0 Å². The van der Waals surface area contributed by atoms with Gasteiger partial charge in [0.1, 0.15) is 0 Å². The topological polar surface area (TPSA) is 59.4 Å². The van der Waals surface area contributed by atoms with Crippen LogP contribution in [0.5, 0.6) is 0 Å². The molecular formula is C18H26N2O3S. The molecule has 24 heavy (non-hydrogen) atoms. The van der Waals surface area contributed by atoms with Crippen LogP contribution in [0.4, 0.5) is 0 Å². The van der Waals surface area contributed by atoms with Crippen LogP contribution in [-0.2, 0) is 21.4 Å². The molecule has 1 aromatic rings. The first-order valence-electron chi connectivity index (χ1n) is 8.94. The fourth-order valence-electron chi connectivity index (χ4n) is 5.66. The Morgan fingerprint density at radius 2 is 1.96 bits per heavy atom. The molecule has 0 N–H and O–H groups in total. The summed E-state index contributed by atoms with van der Waals surface area (Å²) in [7, 11) is -3.47. The van der Waals surface area contributed by atoms with Gasteiger partial charge in [0.05, 0.1) is 11.8 Å². The van der Waals surface area contributed by atoms with E-state index >= 15 is 0 Å². The fourth-order valence-corrected chi connectivity index (χ4v) is 8.24. The van der Waals surface area contributed by atoms with Crippen LogP contribution in [0.2, 0.25) is 0 Å². The second-order valence-corrected chi connectivity index (χ2v) is 10.2. The Hall–Kier alpha value is -1.30. The molecule has 2 saturated carbocycles. The average molecular weight is 350 g/mol. The van der Waals surface area contributed by atoms with Crippen LogP contribution in [0.3, 0.4) is 0 Å². The molecule has 1 aliphatic heterocycles. The van der Waals surface area contributed by atoms with Crippen molar-refractivity contribution in [3.8, 4) is 0 Å². The summed E-state index contributed by atoms with van der Waals surface area (Å²) in [4.78, 5) is 12.8. The van der Waals surface area contributed by atoms with E-state index in [0.29, 0.717) is 18.8 Å². The summed E-state index contributed by atoms with van der Waals surface area (Å²) in [5, 5.41) is 0. The van der Waals surface area contributed by atoms with Gasteiger partial charge in [-0.2, -0.15) is 0 Å². The number of aromatic nitrogens is 1. The second kappa shape index (κ2) is 5.10. The third-order valence-corrected chi connectivity index (χ3v) is 9.07. The normalized spacial score (nSPS) is 35.3. The monoisotopic (exact) mass is 350 g/mol. The molecule has 132 valence electrons. The molecule has 1 amide bonds. The molecule has 1 spiro atoms. The van der Waals surface area contributed by atoms with Gasteiger partial charge in [0, 0.05) is 30.8 Å². The van der Waals surface area contributed by atoms with Crippen LogP contribution in [-0.4, -0.2) is 35.0 Å². The number of hydrogen-bond donors (Lipinski definition) is 0. The van der Waals surface area contributed by atoms with Crippen molar-refractivity contribution >= 4 is 15.9 Å². The predicted molar refractivity (Wildman–Crippen MR) is 91.6 cm³/mol. The maximum atomic E-state index is 12.8. The highest BCUT2D eigenvalue weighted by Crippen LogP contribution is 2.69. The second-order valence-electron chi connectivity index (χ2n) is 8.34. The van der Waals surface area contributed by atoms with Gasteiger partial charge < -0.3 is 4.57 Å². The summed E-state index contributed by atoms with van der Waals surface area (Å²) >= 11 is 0. The van der Waals surface area contributed by atoms with Crippen molar-refractivity contribution in [2.75, 3.05) is 5.75 Å². The van der Waals surface area contributed by atoms with E-state index in [1.54, 1.807) is 0 Å². The molecule has 0 aromatic carbocycles. The Balaban J connectivity index is 1.52. The summed E-state index contributed by atoms with van der Waals surface area (Å²) in [5.41, 5.74) is -0.197. The lowest BCUT2D eigenvalue weighted by atomic mass is 9.69. The lowest BCUT2D eigenvalue weighted by Crippen LogP contribution is -2.44. The third-order valence-electron chi connectivity index (χ3n) is 7.13. The smallest absolute Gasteiger partial charge is 0.238 e. The fraction of sp³-hybridized carbons (Fsp3) is 0.722. The number of fused-ring (bicyclic) bond motifs is 1. The van der Waals surface area contributed by atoms with Crippen molar-refractivity contribution in [2.24, 2.45) is 16.7 Å².